The molecule has 0 aromatic heterocycles. The number of carboxylic acid groups (broad SMARTS) is 1. The zero-order valence-corrected chi connectivity index (χ0v) is 10.6. The van der Waals surface area contributed by atoms with Gasteiger partial charge in [0.15, 0.2) is 0 Å². The van der Waals surface area contributed by atoms with Crippen molar-refractivity contribution < 1.29 is 14.6 Å². The van der Waals surface area contributed by atoms with Crippen molar-refractivity contribution >= 4 is 5.97 Å². The van der Waals surface area contributed by atoms with Crippen molar-refractivity contribution in [2.24, 2.45) is 0 Å². The molecule has 1 aliphatic rings. The van der Waals surface area contributed by atoms with Crippen LogP contribution in [0.4, 0.5) is 0 Å². The molecule has 0 amide bonds. The van der Waals surface area contributed by atoms with E-state index < -0.39 is 12.0 Å². The summed E-state index contributed by atoms with van der Waals surface area (Å²) in [7, 11) is 1.54. The van der Waals surface area contributed by atoms with Gasteiger partial charge in [0, 0.05) is 20.2 Å². The molecule has 0 saturated heterocycles. The fraction of sp³-hybridized carbons (Fsp3) is 0.500. The van der Waals surface area contributed by atoms with Crippen LogP contribution in [-0.2, 0) is 22.4 Å². The van der Waals surface area contributed by atoms with Gasteiger partial charge >= 0.3 is 5.97 Å². The molecule has 1 heterocycles. The van der Waals surface area contributed by atoms with Crippen LogP contribution in [-0.4, -0.2) is 48.8 Å². The number of aliphatic carboxylic acids is 1. The minimum atomic E-state index is -0.803. The van der Waals surface area contributed by atoms with E-state index in [-0.39, 0.29) is 6.61 Å². The van der Waals surface area contributed by atoms with Crippen LogP contribution in [0, 0.1) is 0 Å². The summed E-state index contributed by atoms with van der Waals surface area (Å²) in [6.45, 7) is 1.79. The molecule has 1 atom stereocenters. The van der Waals surface area contributed by atoms with Gasteiger partial charge in [-0.05, 0) is 24.0 Å². The molecule has 0 bridgehead atoms. The molecule has 1 aromatic rings. The zero-order valence-electron chi connectivity index (χ0n) is 10.6. The van der Waals surface area contributed by atoms with Gasteiger partial charge in [0.25, 0.3) is 0 Å². The molecule has 2 rings (SSSR count). The molecule has 1 aromatic carbocycles. The Bertz CT molecular complexity index is 392. The molecule has 0 spiro atoms. The lowest BCUT2D eigenvalue weighted by atomic mass is 10.0. The monoisotopic (exact) mass is 249 g/mol. The van der Waals surface area contributed by atoms with Gasteiger partial charge in [-0.15, -0.1) is 0 Å². The van der Waals surface area contributed by atoms with Crippen LogP contribution < -0.4 is 0 Å². The molecule has 18 heavy (non-hydrogen) atoms. The van der Waals surface area contributed by atoms with Crippen LogP contribution >= 0.6 is 0 Å². The Morgan fingerprint density at radius 1 is 1.33 bits per heavy atom. The number of hydrogen-bond donors (Lipinski definition) is 1. The SMILES string of the molecule is COCC(C(=O)O)N1CCc2ccccc2CC1. The van der Waals surface area contributed by atoms with Gasteiger partial charge in [-0.1, -0.05) is 24.3 Å². The molecule has 0 saturated carbocycles. The number of methoxy groups -OCH3 is 1. The zero-order chi connectivity index (χ0) is 13.0. The maximum absolute atomic E-state index is 11.3. The van der Waals surface area contributed by atoms with Crippen molar-refractivity contribution in [3.8, 4) is 0 Å². The minimum Gasteiger partial charge on any atom is -0.480 e. The summed E-state index contributed by atoms with van der Waals surface area (Å²) in [5.74, 6) is -0.803. The van der Waals surface area contributed by atoms with Crippen molar-refractivity contribution in [1.82, 2.24) is 4.90 Å². The first-order chi connectivity index (χ1) is 8.72. The van der Waals surface area contributed by atoms with Crippen LogP contribution in [0.3, 0.4) is 0 Å². The van der Waals surface area contributed by atoms with E-state index in [9.17, 15) is 9.90 Å². The molecule has 98 valence electrons. The topological polar surface area (TPSA) is 49.8 Å². The molecular weight excluding hydrogens is 230 g/mol. The maximum Gasteiger partial charge on any atom is 0.323 e. The Labute approximate surface area is 107 Å². The second-order valence-corrected chi connectivity index (χ2v) is 4.61. The summed E-state index contributed by atoms with van der Waals surface area (Å²) in [6.07, 6.45) is 1.81. The number of rotatable bonds is 4. The van der Waals surface area contributed by atoms with Gasteiger partial charge < -0.3 is 9.84 Å². The molecule has 4 nitrogen and oxygen atoms in total. The van der Waals surface area contributed by atoms with Crippen LogP contribution in [0.1, 0.15) is 11.1 Å². The van der Waals surface area contributed by atoms with Gasteiger partial charge in [0.2, 0.25) is 0 Å². The van der Waals surface area contributed by atoms with Crippen molar-refractivity contribution in [3.05, 3.63) is 35.4 Å². The summed E-state index contributed by atoms with van der Waals surface area (Å²) in [5, 5.41) is 9.24. The first kappa shape index (κ1) is 13.1. The van der Waals surface area contributed by atoms with Gasteiger partial charge in [0.05, 0.1) is 6.61 Å². The number of carboxylic acids is 1. The third-order valence-corrected chi connectivity index (χ3v) is 3.51. The van der Waals surface area contributed by atoms with Crippen LogP contribution in [0.15, 0.2) is 24.3 Å². The van der Waals surface area contributed by atoms with Crippen LogP contribution in [0.5, 0.6) is 0 Å². The lowest BCUT2D eigenvalue weighted by Crippen LogP contribution is -2.45. The molecule has 0 aliphatic carbocycles. The van der Waals surface area contributed by atoms with Gasteiger partial charge in [-0.25, -0.2) is 0 Å². The van der Waals surface area contributed by atoms with E-state index in [4.69, 9.17) is 4.74 Å². The fourth-order valence-electron chi connectivity index (χ4n) is 2.49. The van der Waals surface area contributed by atoms with Crippen molar-refractivity contribution in [2.75, 3.05) is 26.8 Å². The lowest BCUT2D eigenvalue weighted by Gasteiger charge is -2.26. The first-order valence-electron chi connectivity index (χ1n) is 6.25. The lowest BCUT2D eigenvalue weighted by molar-refractivity contribution is -0.145. The number of ether oxygens (including phenoxy) is 1. The summed E-state index contributed by atoms with van der Waals surface area (Å²) >= 11 is 0. The van der Waals surface area contributed by atoms with Crippen molar-refractivity contribution in [2.45, 2.75) is 18.9 Å². The van der Waals surface area contributed by atoms with Gasteiger partial charge in [-0.2, -0.15) is 0 Å². The molecular formula is C14H19NO3. The van der Waals surface area contributed by atoms with E-state index in [0.29, 0.717) is 0 Å². The Morgan fingerprint density at radius 2 is 1.89 bits per heavy atom. The fourth-order valence-corrected chi connectivity index (χ4v) is 2.49. The molecule has 4 heteroatoms. The number of carbonyl (C=O) groups is 1. The summed E-state index contributed by atoms with van der Waals surface area (Å²) in [6, 6.07) is 7.80. The highest BCUT2D eigenvalue weighted by molar-refractivity contribution is 5.73. The van der Waals surface area contributed by atoms with E-state index in [1.54, 1.807) is 7.11 Å². The predicted octanol–water partition coefficient (Wildman–Crippen LogP) is 1.19. The maximum atomic E-state index is 11.3. The molecule has 1 aliphatic heterocycles. The average molecular weight is 249 g/mol. The highest BCUT2D eigenvalue weighted by atomic mass is 16.5. The number of fused-ring (bicyclic) bond motifs is 1. The first-order valence-corrected chi connectivity index (χ1v) is 6.25. The van der Waals surface area contributed by atoms with Crippen LogP contribution in [0.2, 0.25) is 0 Å². The third kappa shape index (κ3) is 2.89. The highest BCUT2D eigenvalue weighted by Crippen LogP contribution is 2.17. The molecule has 1 unspecified atom stereocenters. The van der Waals surface area contributed by atoms with Crippen LogP contribution in [0.25, 0.3) is 0 Å². The van der Waals surface area contributed by atoms with Crippen molar-refractivity contribution in [1.29, 1.82) is 0 Å². The number of benzene rings is 1. The average Bonchev–Trinajstić information content (AvgIpc) is 2.58. The summed E-state index contributed by atoms with van der Waals surface area (Å²) in [4.78, 5) is 13.3. The number of hydrogen-bond acceptors (Lipinski definition) is 3. The largest absolute Gasteiger partial charge is 0.480 e. The molecule has 0 fully saturated rings. The highest BCUT2D eigenvalue weighted by Gasteiger charge is 2.26. The Morgan fingerprint density at radius 3 is 2.33 bits per heavy atom. The van der Waals surface area contributed by atoms with E-state index in [1.165, 1.54) is 11.1 Å². The van der Waals surface area contributed by atoms with E-state index >= 15 is 0 Å². The smallest absolute Gasteiger partial charge is 0.323 e. The third-order valence-electron chi connectivity index (χ3n) is 3.51. The van der Waals surface area contributed by atoms with E-state index in [1.807, 2.05) is 17.0 Å². The minimum absolute atomic E-state index is 0.242. The van der Waals surface area contributed by atoms with Crippen molar-refractivity contribution in [3.63, 3.8) is 0 Å². The van der Waals surface area contributed by atoms with Gasteiger partial charge in [0.1, 0.15) is 6.04 Å². The second kappa shape index (κ2) is 5.98. The summed E-state index contributed by atoms with van der Waals surface area (Å²) in [5.41, 5.74) is 2.67. The number of nitrogens with zero attached hydrogens (tertiary/aromatic N) is 1. The molecule has 0 radical (unpaired) electrons. The van der Waals surface area contributed by atoms with E-state index in [0.717, 1.165) is 25.9 Å². The second-order valence-electron chi connectivity index (χ2n) is 4.61. The van der Waals surface area contributed by atoms with E-state index in [2.05, 4.69) is 12.1 Å². The quantitative estimate of drug-likeness (QED) is 0.870. The Balaban J connectivity index is 2.08. The Kier molecular flexibility index (Phi) is 4.33. The predicted molar refractivity (Wildman–Crippen MR) is 68.7 cm³/mol. The standard InChI is InChI=1S/C14H19NO3/c1-18-10-13(14(16)17)15-8-6-11-4-2-3-5-12(11)7-9-15/h2-5,13H,6-10H2,1H3,(H,16,17). The molecule has 1 N–H and O–H groups in total. The normalized spacial score (nSPS) is 17.8. The Hall–Kier alpha value is -1.39. The summed E-state index contributed by atoms with van der Waals surface area (Å²) < 4.78 is 5.01. The van der Waals surface area contributed by atoms with Gasteiger partial charge in [-0.3, -0.25) is 9.69 Å².